The van der Waals surface area contributed by atoms with Crippen LogP contribution in [0, 0.1) is 27.7 Å². The molecule has 4 nitrogen and oxygen atoms in total. The van der Waals surface area contributed by atoms with E-state index >= 15 is 0 Å². The lowest BCUT2D eigenvalue weighted by Crippen LogP contribution is -2.13. The average molecular weight is 602 g/mol. The molecule has 5 aromatic carbocycles. The van der Waals surface area contributed by atoms with Crippen molar-refractivity contribution < 1.29 is 5.11 Å². The first-order valence-electron chi connectivity index (χ1n) is 15.9. The maximum atomic E-state index is 11.1. The van der Waals surface area contributed by atoms with Crippen molar-refractivity contribution in [3.05, 3.63) is 131 Å². The highest BCUT2D eigenvalue weighted by Crippen LogP contribution is 2.43. The fourth-order valence-electron chi connectivity index (χ4n) is 7.07. The van der Waals surface area contributed by atoms with Gasteiger partial charge in [-0.15, -0.1) is 0 Å². The number of aromatic hydroxyl groups is 1. The molecule has 0 aliphatic rings. The molecule has 0 saturated heterocycles. The third kappa shape index (κ3) is 4.85. The fraction of sp³-hybridized carbons (Fsp3) is 0.190. The summed E-state index contributed by atoms with van der Waals surface area (Å²) in [6.45, 7) is 15.4. The van der Waals surface area contributed by atoms with E-state index in [1.54, 1.807) is 6.07 Å². The predicted molar refractivity (Wildman–Crippen MR) is 192 cm³/mol. The van der Waals surface area contributed by atoms with E-state index in [-0.39, 0.29) is 11.2 Å². The van der Waals surface area contributed by atoms with Crippen LogP contribution >= 0.6 is 0 Å². The number of para-hydroxylation sites is 2. The molecule has 0 bridgehead atoms. The van der Waals surface area contributed by atoms with E-state index < -0.39 is 0 Å². The molecule has 7 rings (SSSR count). The van der Waals surface area contributed by atoms with E-state index in [4.69, 9.17) is 9.97 Å². The van der Waals surface area contributed by atoms with Crippen LogP contribution in [0.1, 0.15) is 48.6 Å². The molecule has 2 aromatic heterocycles. The van der Waals surface area contributed by atoms with Crippen LogP contribution in [0.4, 0.5) is 0 Å². The first-order valence-corrected chi connectivity index (χ1v) is 15.9. The van der Waals surface area contributed by atoms with Crippen molar-refractivity contribution in [2.24, 2.45) is 0 Å². The van der Waals surface area contributed by atoms with Gasteiger partial charge in [0, 0.05) is 22.7 Å². The minimum absolute atomic E-state index is 0.0759. The van der Waals surface area contributed by atoms with Gasteiger partial charge in [0.05, 0.1) is 27.8 Å². The molecule has 0 aliphatic carbocycles. The molecule has 4 heteroatoms. The average Bonchev–Trinajstić information content (AvgIpc) is 3.40. The summed E-state index contributed by atoms with van der Waals surface area (Å²) in [4.78, 5) is 10.2. The van der Waals surface area contributed by atoms with Gasteiger partial charge in [-0.25, -0.2) is 4.98 Å². The summed E-state index contributed by atoms with van der Waals surface area (Å²) in [5.41, 5.74) is 15.0. The van der Waals surface area contributed by atoms with Crippen LogP contribution in [0.3, 0.4) is 0 Å². The monoisotopic (exact) mass is 601 g/mol. The minimum Gasteiger partial charge on any atom is -0.507 e. The summed E-state index contributed by atoms with van der Waals surface area (Å²) in [5.74, 6) is 0.935. The molecule has 1 N–H and O–H groups in total. The maximum absolute atomic E-state index is 11.1. The lowest BCUT2D eigenvalue weighted by Gasteiger charge is -2.24. The smallest absolute Gasteiger partial charge is 0.149 e. The van der Waals surface area contributed by atoms with Gasteiger partial charge in [0.2, 0.25) is 0 Å². The highest BCUT2D eigenvalue weighted by molar-refractivity contribution is 6.00. The molecule has 7 aromatic rings. The number of nitrogens with zero attached hydrogens (tertiary/aromatic N) is 3. The highest BCUT2D eigenvalue weighted by Gasteiger charge is 2.25. The quantitative estimate of drug-likeness (QED) is 0.218. The Morgan fingerprint density at radius 3 is 2.09 bits per heavy atom. The van der Waals surface area contributed by atoms with Crippen molar-refractivity contribution in [1.82, 2.24) is 14.5 Å². The Bertz CT molecular complexity index is 2270. The zero-order valence-corrected chi connectivity index (χ0v) is 27.6. The summed E-state index contributed by atoms with van der Waals surface area (Å²) in [6.07, 6.45) is 1.87. The topological polar surface area (TPSA) is 50.9 Å². The minimum atomic E-state index is -0.0759. The summed E-state index contributed by atoms with van der Waals surface area (Å²) in [5, 5.41) is 12.2. The summed E-state index contributed by atoms with van der Waals surface area (Å²) in [6, 6.07) is 33.7. The van der Waals surface area contributed by atoms with E-state index in [0.717, 1.165) is 55.7 Å². The number of pyridine rings is 1. The van der Waals surface area contributed by atoms with Gasteiger partial charge in [-0.1, -0.05) is 99.1 Å². The van der Waals surface area contributed by atoms with Crippen molar-refractivity contribution in [1.29, 1.82) is 0 Å². The number of phenolic OH excluding ortho intramolecular Hbond substituents is 1. The fourth-order valence-corrected chi connectivity index (χ4v) is 7.07. The molecule has 2 heterocycles. The van der Waals surface area contributed by atoms with Crippen LogP contribution in [-0.2, 0) is 5.41 Å². The number of aromatic nitrogens is 3. The van der Waals surface area contributed by atoms with Crippen molar-refractivity contribution >= 4 is 21.9 Å². The number of benzene rings is 5. The van der Waals surface area contributed by atoms with Gasteiger partial charge in [0.15, 0.2) is 0 Å². The van der Waals surface area contributed by atoms with Gasteiger partial charge < -0.3 is 5.11 Å². The summed E-state index contributed by atoms with van der Waals surface area (Å²) < 4.78 is 2.26. The zero-order chi connectivity index (χ0) is 32.3. The molecular weight excluding hydrogens is 562 g/mol. The molecule has 0 amide bonds. The number of rotatable bonds is 4. The van der Waals surface area contributed by atoms with Crippen molar-refractivity contribution in [3.8, 4) is 45.1 Å². The second-order valence-corrected chi connectivity index (χ2v) is 13.6. The Balaban J connectivity index is 1.56. The Morgan fingerprint density at radius 1 is 0.630 bits per heavy atom. The van der Waals surface area contributed by atoms with Crippen LogP contribution in [-0.4, -0.2) is 19.6 Å². The number of imidazole rings is 1. The van der Waals surface area contributed by atoms with Crippen molar-refractivity contribution in [3.63, 3.8) is 0 Å². The molecule has 0 radical (unpaired) electrons. The molecule has 0 saturated carbocycles. The molecule has 0 unspecified atom stereocenters. The lowest BCUT2D eigenvalue weighted by molar-refractivity contribution is 0.477. The molecule has 0 fully saturated rings. The molecule has 0 spiro atoms. The van der Waals surface area contributed by atoms with E-state index in [1.165, 1.54) is 27.8 Å². The molecule has 0 aliphatic heterocycles. The Kier molecular flexibility index (Phi) is 7.05. The second kappa shape index (κ2) is 11.0. The third-order valence-corrected chi connectivity index (χ3v) is 9.07. The number of phenols is 1. The van der Waals surface area contributed by atoms with Gasteiger partial charge in [-0.3, -0.25) is 9.55 Å². The van der Waals surface area contributed by atoms with E-state index in [2.05, 4.69) is 120 Å². The number of fused-ring (bicyclic) bond motifs is 2. The number of hydrogen-bond donors (Lipinski definition) is 1. The van der Waals surface area contributed by atoms with Crippen molar-refractivity contribution in [2.75, 3.05) is 0 Å². The van der Waals surface area contributed by atoms with Gasteiger partial charge in [-0.2, -0.15) is 0 Å². The Labute approximate surface area is 271 Å². The molecule has 0 atom stereocenters. The van der Waals surface area contributed by atoms with Gasteiger partial charge in [0.25, 0.3) is 0 Å². The van der Waals surface area contributed by atoms with Crippen LogP contribution < -0.4 is 0 Å². The number of aryl methyl sites for hydroxylation is 4. The van der Waals surface area contributed by atoms with E-state index in [1.807, 2.05) is 30.5 Å². The zero-order valence-electron chi connectivity index (χ0n) is 27.6. The molecule has 228 valence electrons. The number of hydrogen-bond acceptors (Lipinski definition) is 3. The lowest BCUT2D eigenvalue weighted by atomic mass is 9.80. The molecule has 46 heavy (non-hydrogen) atoms. The largest absolute Gasteiger partial charge is 0.507 e. The van der Waals surface area contributed by atoms with Crippen LogP contribution in [0.2, 0.25) is 0 Å². The van der Waals surface area contributed by atoms with Gasteiger partial charge in [0.1, 0.15) is 11.6 Å². The van der Waals surface area contributed by atoms with E-state index in [9.17, 15) is 5.11 Å². The summed E-state index contributed by atoms with van der Waals surface area (Å²) in [7, 11) is 0. The van der Waals surface area contributed by atoms with Gasteiger partial charge >= 0.3 is 0 Å². The van der Waals surface area contributed by atoms with Crippen LogP contribution in [0.25, 0.3) is 61.3 Å². The normalized spacial score (nSPS) is 11.9. The SMILES string of the molecule is Cc1cc(C)c(-n2c(-c3ccccc3O)nc3c(-c4ccc(C(C)(C)C)c(-c5cccc6cccnc56)c4)ccc(C)c32)c(C)c1. The first kappa shape index (κ1) is 29.5. The third-order valence-electron chi connectivity index (χ3n) is 9.07. The van der Waals surface area contributed by atoms with Gasteiger partial charge in [-0.05, 0) is 90.8 Å². The first-order chi connectivity index (χ1) is 22.0. The maximum Gasteiger partial charge on any atom is 0.149 e. The van der Waals surface area contributed by atoms with Crippen LogP contribution in [0.15, 0.2) is 103 Å². The highest BCUT2D eigenvalue weighted by atomic mass is 16.3. The Hall–Kier alpha value is -5.22. The standard InChI is InChI=1S/C42H39N3O/c1-25-22-27(3)39(28(4)23-25)45-40-26(2)17-19-31(38(40)44-41(45)33-14-8-9-16-36(33)46)30-18-20-35(42(5,6)7)34(24-30)32-15-10-12-29-13-11-21-43-37(29)32/h8-24,46H,1-7H3. The second-order valence-electron chi connectivity index (χ2n) is 13.6. The summed E-state index contributed by atoms with van der Waals surface area (Å²) >= 11 is 0. The Morgan fingerprint density at radius 2 is 1.35 bits per heavy atom. The van der Waals surface area contributed by atoms with Crippen LogP contribution in [0.5, 0.6) is 5.75 Å². The van der Waals surface area contributed by atoms with E-state index in [0.29, 0.717) is 5.56 Å². The molecular formula is C42H39N3O. The predicted octanol–water partition coefficient (Wildman–Crippen LogP) is 10.8. The van der Waals surface area contributed by atoms with Crippen molar-refractivity contribution in [2.45, 2.75) is 53.9 Å².